The largest absolute Gasteiger partial charge is 0.404 e. The predicted octanol–water partition coefficient (Wildman–Crippen LogP) is 6.47. The molecule has 0 spiro atoms. The van der Waals surface area contributed by atoms with E-state index in [-0.39, 0.29) is 17.3 Å². The summed E-state index contributed by atoms with van der Waals surface area (Å²) in [5.74, 6) is -0.00742. The number of benzene rings is 4. The maximum Gasteiger partial charge on any atom is 0.345 e. The maximum atomic E-state index is 14.1. The minimum Gasteiger partial charge on any atom is -0.404 e. The second-order valence-electron chi connectivity index (χ2n) is 8.79. The van der Waals surface area contributed by atoms with Gasteiger partial charge >= 0.3 is 5.63 Å². The lowest BCUT2D eigenvalue weighted by molar-refractivity contribution is 0.515. The lowest BCUT2D eigenvalue weighted by atomic mass is 9.99. The van der Waals surface area contributed by atoms with Crippen molar-refractivity contribution in [3.05, 3.63) is 130 Å². The first-order valence-electron chi connectivity index (χ1n) is 11.6. The molecule has 0 atom stereocenters. The van der Waals surface area contributed by atoms with E-state index in [4.69, 9.17) is 4.42 Å². The van der Waals surface area contributed by atoms with Crippen LogP contribution in [0.5, 0.6) is 0 Å². The third-order valence-corrected chi connectivity index (χ3v) is 7.91. The number of nitrogens with zero attached hydrogens (tertiary/aromatic N) is 1. The summed E-state index contributed by atoms with van der Waals surface area (Å²) in [6.07, 6.45) is 0. The molecular formula is C30H25NO4S. The zero-order valence-electron chi connectivity index (χ0n) is 20.0. The van der Waals surface area contributed by atoms with Gasteiger partial charge in [-0.05, 0) is 43.2 Å². The van der Waals surface area contributed by atoms with Crippen molar-refractivity contribution < 1.29 is 12.8 Å². The van der Waals surface area contributed by atoms with Gasteiger partial charge in [0.05, 0.1) is 22.4 Å². The van der Waals surface area contributed by atoms with E-state index in [0.29, 0.717) is 16.3 Å². The van der Waals surface area contributed by atoms with Crippen molar-refractivity contribution in [1.29, 1.82) is 0 Å². The van der Waals surface area contributed by atoms with Gasteiger partial charge in [0.2, 0.25) is 5.88 Å². The van der Waals surface area contributed by atoms with Gasteiger partial charge in [-0.15, -0.1) is 0 Å². The van der Waals surface area contributed by atoms with Crippen LogP contribution in [0, 0.1) is 13.8 Å². The molecule has 0 saturated carbocycles. The molecule has 36 heavy (non-hydrogen) atoms. The predicted molar refractivity (Wildman–Crippen MR) is 144 cm³/mol. The highest BCUT2D eigenvalue weighted by molar-refractivity contribution is 7.92. The van der Waals surface area contributed by atoms with E-state index in [1.807, 2.05) is 80.6 Å². The van der Waals surface area contributed by atoms with Crippen molar-refractivity contribution in [2.45, 2.75) is 25.3 Å². The summed E-state index contributed by atoms with van der Waals surface area (Å²) in [6.45, 7) is 3.88. The quantitative estimate of drug-likeness (QED) is 0.271. The van der Waals surface area contributed by atoms with Crippen LogP contribution >= 0.6 is 0 Å². The molecule has 1 aromatic heterocycles. The number of aryl methyl sites for hydroxylation is 2. The molecule has 0 unspecified atom stereocenters. The smallest absolute Gasteiger partial charge is 0.345 e. The van der Waals surface area contributed by atoms with Crippen LogP contribution < -0.4 is 9.93 Å². The number of hydrogen-bond donors (Lipinski definition) is 0. The maximum absolute atomic E-state index is 14.1. The second kappa shape index (κ2) is 9.47. The molecule has 1 heterocycles. The molecule has 0 aliphatic heterocycles. The molecule has 5 nitrogen and oxygen atoms in total. The van der Waals surface area contributed by atoms with Crippen LogP contribution in [0.15, 0.2) is 117 Å². The first kappa shape index (κ1) is 23.6. The summed E-state index contributed by atoms with van der Waals surface area (Å²) >= 11 is 0. The molecule has 0 aliphatic carbocycles. The van der Waals surface area contributed by atoms with E-state index < -0.39 is 15.6 Å². The van der Waals surface area contributed by atoms with Crippen LogP contribution in [0.1, 0.15) is 16.7 Å². The van der Waals surface area contributed by atoms with Crippen molar-refractivity contribution in [2.24, 2.45) is 0 Å². The van der Waals surface area contributed by atoms with Crippen molar-refractivity contribution in [3.8, 4) is 11.1 Å². The van der Waals surface area contributed by atoms with Gasteiger partial charge in [-0.3, -0.25) is 0 Å². The van der Waals surface area contributed by atoms with Crippen LogP contribution in [0.4, 0.5) is 5.88 Å². The van der Waals surface area contributed by atoms with Gasteiger partial charge in [0.15, 0.2) is 0 Å². The SMILES string of the molecule is Cc1ccc(-c2c(N(Cc3ccccc3)S(=O)(=O)c3ccc(C)cc3)oc(=O)c3ccccc23)cc1. The molecule has 0 fully saturated rings. The van der Waals surface area contributed by atoms with Crippen molar-refractivity contribution in [1.82, 2.24) is 0 Å². The van der Waals surface area contributed by atoms with Gasteiger partial charge in [0, 0.05) is 5.39 Å². The molecule has 0 bridgehead atoms. The molecular weight excluding hydrogens is 470 g/mol. The zero-order chi connectivity index (χ0) is 25.3. The first-order chi connectivity index (χ1) is 17.3. The zero-order valence-corrected chi connectivity index (χ0v) is 20.8. The topological polar surface area (TPSA) is 67.6 Å². The standard InChI is InChI=1S/C30H25NO4S/c1-21-12-16-24(17-13-21)28-26-10-6-7-11-27(26)30(32)35-29(28)31(20-23-8-4-3-5-9-23)36(33,34)25-18-14-22(2)15-19-25/h3-19H,20H2,1-2H3. The average Bonchev–Trinajstić information content (AvgIpc) is 2.89. The number of hydrogen-bond acceptors (Lipinski definition) is 4. The fraction of sp³-hybridized carbons (Fsp3) is 0.100. The van der Waals surface area contributed by atoms with Gasteiger partial charge in [-0.2, -0.15) is 0 Å². The summed E-state index contributed by atoms with van der Waals surface area (Å²) < 4.78 is 35.3. The van der Waals surface area contributed by atoms with Crippen molar-refractivity contribution in [3.63, 3.8) is 0 Å². The number of anilines is 1. The highest BCUT2D eigenvalue weighted by Gasteiger charge is 2.31. The molecule has 5 rings (SSSR count). The second-order valence-corrected chi connectivity index (χ2v) is 10.7. The summed E-state index contributed by atoms with van der Waals surface area (Å²) in [5.41, 5.74) is 3.49. The third kappa shape index (κ3) is 4.43. The van der Waals surface area contributed by atoms with Gasteiger partial charge in [0.25, 0.3) is 10.0 Å². The Balaban J connectivity index is 1.83. The van der Waals surface area contributed by atoms with E-state index in [0.717, 1.165) is 22.3 Å². The van der Waals surface area contributed by atoms with Crippen LogP contribution in [0.25, 0.3) is 21.9 Å². The molecule has 5 aromatic rings. The molecule has 0 amide bonds. The Morgan fingerprint density at radius 3 is 1.89 bits per heavy atom. The molecule has 4 aromatic carbocycles. The normalized spacial score (nSPS) is 11.5. The molecule has 0 saturated heterocycles. The number of fused-ring (bicyclic) bond motifs is 1. The van der Waals surface area contributed by atoms with Crippen LogP contribution in [0.3, 0.4) is 0 Å². The number of rotatable bonds is 6. The van der Waals surface area contributed by atoms with E-state index in [9.17, 15) is 13.2 Å². The Morgan fingerprint density at radius 2 is 1.25 bits per heavy atom. The summed E-state index contributed by atoms with van der Waals surface area (Å²) in [4.78, 5) is 13.2. The van der Waals surface area contributed by atoms with Crippen LogP contribution in [-0.2, 0) is 16.6 Å². The number of sulfonamides is 1. The Labute approximate surface area is 210 Å². The van der Waals surface area contributed by atoms with Crippen molar-refractivity contribution in [2.75, 3.05) is 4.31 Å². The van der Waals surface area contributed by atoms with E-state index in [1.165, 1.54) is 4.31 Å². The van der Waals surface area contributed by atoms with Gasteiger partial charge < -0.3 is 4.42 Å². The molecule has 0 radical (unpaired) electrons. The van der Waals surface area contributed by atoms with Gasteiger partial charge in [-0.1, -0.05) is 96.1 Å². The summed E-state index contributed by atoms with van der Waals surface area (Å²) in [5, 5.41) is 1.02. The minimum atomic E-state index is -4.09. The van der Waals surface area contributed by atoms with Gasteiger partial charge in [0.1, 0.15) is 0 Å². The first-order valence-corrected chi connectivity index (χ1v) is 13.0. The lowest BCUT2D eigenvalue weighted by Crippen LogP contribution is -2.32. The monoisotopic (exact) mass is 495 g/mol. The van der Waals surface area contributed by atoms with Gasteiger partial charge in [-0.25, -0.2) is 17.5 Å². The molecule has 6 heteroatoms. The van der Waals surface area contributed by atoms with E-state index in [2.05, 4.69) is 0 Å². The minimum absolute atomic E-state index is 0.00279. The van der Waals surface area contributed by atoms with E-state index in [1.54, 1.807) is 36.4 Å². The fourth-order valence-corrected chi connectivity index (χ4v) is 5.62. The Kier molecular flexibility index (Phi) is 6.20. The molecule has 0 N–H and O–H groups in total. The highest BCUT2D eigenvalue weighted by atomic mass is 32.2. The van der Waals surface area contributed by atoms with Crippen molar-refractivity contribution >= 4 is 26.7 Å². The summed E-state index contributed by atoms with van der Waals surface area (Å²) in [7, 11) is -4.09. The highest BCUT2D eigenvalue weighted by Crippen LogP contribution is 2.39. The molecule has 0 aliphatic rings. The van der Waals surface area contributed by atoms with E-state index >= 15 is 0 Å². The Morgan fingerprint density at radius 1 is 0.694 bits per heavy atom. The molecule has 180 valence electrons. The van der Waals surface area contributed by atoms with Crippen LogP contribution in [-0.4, -0.2) is 8.42 Å². The fourth-order valence-electron chi connectivity index (χ4n) is 4.22. The van der Waals surface area contributed by atoms with Crippen LogP contribution in [0.2, 0.25) is 0 Å². The Hall–Kier alpha value is -4.16. The summed E-state index contributed by atoms with van der Waals surface area (Å²) in [6, 6.07) is 30.8. The third-order valence-electron chi connectivity index (χ3n) is 6.16. The average molecular weight is 496 g/mol. The lowest BCUT2D eigenvalue weighted by Gasteiger charge is -2.26. The Bertz CT molecular complexity index is 1690.